The Kier molecular flexibility index (Phi) is 75.8. The van der Waals surface area contributed by atoms with Crippen LogP contribution in [0, 0.1) is 0 Å². The van der Waals surface area contributed by atoms with Gasteiger partial charge in [0.1, 0.15) is 6.61 Å². The van der Waals surface area contributed by atoms with Crippen LogP contribution in [-0.2, 0) is 19.1 Å². The highest BCUT2D eigenvalue weighted by molar-refractivity contribution is 5.70. The predicted octanol–water partition coefficient (Wildman–Crippen LogP) is 27.4. The minimum absolute atomic E-state index is 0.0653. The molecular weight excluding hydrogens is 1100 g/mol. The Bertz CT molecular complexity index is 1800. The molecule has 0 saturated heterocycles. The first-order valence-corrected chi connectivity index (χ1v) is 38.7. The summed E-state index contributed by atoms with van der Waals surface area (Å²) >= 11 is 0. The molecule has 516 valence electrons. The molecular formula is C85H146O5. The summed E-state index contributed by atoms with van der Waals surface area (Å²) in [5.74, 6) is -0.576. The van der Waals surface area contributed by atoms with Gasteiger partial charge < -0.3 is 14.6 Å². The molecule has 0 aliphatic rings. The van der Waals surface area contributed by atoms with E-state index in [0.717, 1.165) is 109 Å². The molecule has 1 N–H and O–H groups in total. The van der Waals surface area contributed by atoms with Gasteiger partial charge in [-0.25, -0.2) is 0 Å². The standard InChI is InChI=1S/C85H146O5/c1-3-5-7-9-11-13-15-17-19-21-23-25-27-29-31-33-35-37-39-41-42-44-46-48-50-52-54-56-58-60-62-64-66-68-70-72-74-76-78-80-85(88)90-83(81-86)82-89-84(87)79-77-75-73-71-69-67-65-63-61-59-57-55-53-51-49-47-45-43-40-38-36-34-32-30-28-26-24-22-20-18-16-14-12-10-8-6-4-2/h5-8,11-14,17-20,23-26,29,31,35,37,41-42,83,86H,3-4,9-10,15-16,21-22,27-28,30,32-34,36,38-40,43-82H2,1-2H3/b7-5-,8-6-,13-11-,14-12-,19-17-,20-18-,25-23-,26-24-,31-29-,37-35-,42-41-. The maximum Gasteiger partial charge on any atom is 0.306 e. The van der Waals surface area contributed by atoms with Crippen molar-refractivity contribution in [2.75, 3.05) is 13.2 Å². The topological polar surface area (TPSA) is 72.8 Å². The smallest absolute Gasteiger partial charge is 0.306 e. The third-order valence-electron chi connectivity index (χ3n) is 16.9. The van der Waals surface area contributed by atoms with Crippen LogP contribution in [0.1, 0.15) is 373 Å². The zero-order chi connectivity index (χ0) is 64.7. The average molecular weight is 1250 g/mol. The van der Waals surface area contributed by atoms with Gasteiger partial charge in [-0.1, -0.05) is 385 Å². The zero-order valence-electron chi connectivity index (χ0n) is 59.4. The molecule has 0 radical (unpaired) electrons. The Morgan fingerprint density at radius 2 is 0.444 bits per heavy atom. The third-order valence-corrected chi connectivity index (χ3v) is 16.9. The summed E-state index contributed by atoms with van der Waals surface area (Å²) in [6.45, 7) is 3.95. The van der Waals surface area contributed by atoms with E-state index in [1.54, 1.807) is 0 Å². The van der Waals surface area contributed by atoms with Crippen LogP contribution in [0.25, 0.3) is 0 Å². The highest BCUT2D eigenvalue weighted by atomic mass is 16.6. The van der Waals surface area contributed by atoms with Crippen molar-refractivity contribution in [1.29, 1.82) is 0 Å². The van der Waals surface area contributed by atoms with E-state index in [2.05, 4.69) is 148 Å². The van der Waals surface area contributed by atoms with E-state index >= 15 is 0 Å². The molecule has 0 rings (SSSR count). The number of rotatable bonds is 71. The highest BCUT2D eigenvalue weighted by Gasteiger charge is 2.16. The largest absolute Gasteiger partial charge is 0.462 e. The van der Waals surface area contributed by atoms with Gasteiger partial charge in [-0.05, 0) is 109 Å². The summed E-state index contributed by atoms with van der Waals surface area (Å²) in [6, 6.07) is 0. The summed E-state index contributed by atoms with van der Waals surface area (Å²) in [5.41, 5.74) is 0. The van der Waals surface area contributed by atoms with E-state index in [-0.39, 0.29) is 25.2 Å². The SMILES string of the molecule is CC/C=C\C/C=C\C/C=C\C/C=C\C/C=C\C/C=C\C/C=C\CCCCCCCCCCCCCCCCCCCC(=O)OC(CO)COC(=O)CCCCCCCCCCCCCCCCCCCCCCCCCC/C=C\C/C=C\C/C=C\C/C=C\CC. The van der Waals surface area contributed by atoms with Crippen LogP contribution in [0.4, 0.5) is 0 Å². The van der Waals surface area contributed by atoms with Crippen molar-refractivity contribution in [2.24, 2.45) is 0 Å². The van der Waals surface area contributed by atoms with Crippen LogP contribution >= 0.6 is 0 Å². The van der Waals surface area contributed by atoms with Crippen LogP contribution < -0.4 is 0 Å². The number of unbranched alkanes of at least 4 members (excludes halogenated alkanes) is 41. The number of ether oxygens (including phenoxy) is 2. The van der Waals surface area contributed by atoms with E-state index in [9.17, 15) is 14.7 Å². The average Bonchev–Trinajstić information content (AvgIpc) is 3.59. The normalized spacial score (nSPS) is 13.0. The Labute approximate surface area is 559 Å². The van der Waals surface area contributed by atoms with Crippen molar-refractivity contribution in [3.05, 3.63) is 134 Å². The third kappa shape index (κ3) is 76.5. The van der Waals surface area contributed by atoms with Crippen LogP contribution in [0.5, 0.6) is 0 Å². The first-order valence-electron chi connectivity index (χ1n) is 38.7. The van der Waals surface area contributed by atoms with Gasteiger partial charge >= 0.3 is 11.9 Å². The molecule has 90 heavy (non-hydrogen) atoms. The lowest BCUT2D eigenvalue weighted by molar-refractivity contribution is -0.161. The number of carbonyl (C=O) groups excluding carboxylic acids is 2. The van der Waals surface area contributed by atoms with Gasteiger partial charge in [0.05, 0.1) is 6.61 Å². The number of esters is 2. The summed E-state index contributed by atoms with van der Waals surface area (Å²) in [4.78, 5) is 24.7. The Balaban J connectivity index is 3.43. The van der Waals surface area contributed by atoms with Crippen LogP contribution in [0.2, 0.25) is 0 Å². The molecule has 1 unspecified atom stereocenters. The summed E-state index contributed by atoms with van der Waals surface area (Å²) in [6.07, 6.45) is 118. The van der Waals surface area contributed by atoms with Crippen molar-refractivity contribution < 1.29 is 24.2 Å². The van der Waals surface area contributed by atoms with Crippen LogP contribution in [-0.4, -0.2) is 36.4 Å². The minimum atomic E-state index is -0.777. The molecule has 0 aliphatic heterocycles. The predicted molar refractivity (Wildman–Crippen MR) is 398 cm³/mol. The second kappa shape index (κ2) is 79.3. The highest BCUT2D eigenvalue weighted by Crippen LogP contribution is 2.19. The van der Waals surface area contributed by atoms with Crippen LogP contribution in [0.15, 0.2) is 134 Å². The van der Waals surface area contributed by atoms with E-state index in [1.165, 1.54) is 238 Å². The van der Waals surface area contributed by atoms with E-state index < -0.39 is 6.10 Å². The van der Waals surface area contributed by atoms with Crippen molar-refractivity contribution >= 4 is 11.9 Å². The number of aliphatic hydroxyl groups is 1. The summed E-state index contributed by atoms with van der Waals surface area (Å²) in [5, 5.41) is 9.73. The maximum absolute atomic E-state index is 12.4. The number of carbonyl (C=O) groups is 2. The van der Waals surface area contributed by atoms with Gasteiger partial charge in [0, 0.05) is 12.8 Å². The van der Waals surface area contributed by atoms with Gasteiger partial charge in [0.25, 0.3) is 0 Å². The molecule has 0 saturated carbocycles. The molecule has 5 heteroatoms. The molecule has 0 fully saturated rings. The van der Waals surface area contributed by atoms with Gasteiger partial charge in [-0.15, -0.1) is 0 Å². The van der Waals surface area contributed by atoms with E-state index in [1.807, 2.05) is 0 Å². The number of hydrogen-bond donors (Lipinski definition) is 1. The first kappa shape index (κ1) is 86.0. The molecule has 0 spiro atoms. The van der Waals surface area contributed by atoms with Gasteiger partial charge in [0.2, 0.25) is 0 Å². The Morgan fingerprint density at radius 1 is 0.256 bits per heavy atom. The number of hydrogen-bond acceptors (Lipinski definition) is 5. The Hall–Kier alpha value is -3.96. The minimum Gasteiger partial charge on any atom is -0.462 e. The molecule has 0 aromatic heterocycles. The Morgan fingerprint density at radius 3 is 0.667 bits per heavy atom. The second-order valence-electron chi connectivity index (χ2n) is 25.7. The molecule has 0 aromatic rings. The second-order valence-corrected chi connectivity index (χ2v) is 25.7. The number of aliphatic hydroxyl groups excluding tert-OH is 1. The zero-order valence-corrected chi connectivity index (χ0v) is 59.4. The number of allylic oxidation sites excluding steroid dienone is 22. The molecule has 0 bridgehead atoms. The van der Waals surface area contributed by atoms with E-state index in [4.69, 9.17) is 9.47 Å². The fourth-order valence-electron chi connectivity index (χ4n) is 11.2. The van der Waals surface area contributed by atoms with E-state index in [0.29, 0.717) is 12.8 Å². The van der Waals surface area contributed by atoms with Gasteiger partial charge in [-0.3, -0.25) is 9.59 Å². The fraction of sp³-hybridized carbons (Fsp3) is 0.718. The molecule has 1 atom stereocenters. The summed E-state index contributed by atoms with van der Waals surface area (Å²) in [7, 11) is 0. The molecule has 0 aliphatic carbocycles. The monoisotopic (exact) mass is 1250 g/mol. The molecule has 0 heterocycles. The van der Waals surface area contributed by atoms with Crippen molar-refractivity contribution in [3.8, 4) is 0 Å². The maximum atomic E-state index is 12.4. The summed E-state index contributed by atoms with van der Waals surface area (Å²) < 4.78 is 10.8. The van der Waals surface area contributed by atoms with Gasteiger partial charge in [0.15, 0.2) is 6.10 Å². The fourth-order valence-corrected chi connectivity index (χ4v) is 11.2. The lowest BCUT2D eigenvalue weighted by atomic mass is 10.0. The lowest BCUT2D eigenvalue weighted by Gasteiger charge is -2.15. The molecule has 0 amide bonds. The quantitative estimate of drug-likeness (QED) is 0.0373. The van der Waals surface area contributed by atoms with Gasteiger partial charge in [-0.2, -0.15) is 0 Å². The first-order chi connectivity index (χ1) is 44.6. The van der Waals surface area contributed by atoms with Crippen LogP contribution in [0.3, 0.4) is 0 Å². The molecule has 0 aromatic carbocycles. The van der Waals surface area contributed by atoms with Crippen molar-refractivity contribution in [3.63, 3.8) is 0 Å². The van der Waals surface area contributed by atoms with Crippen molar-refractivity contribution in [2.45, 2.75) is 380 Å². The lowest BCUT2D eigenvalue weighted by Crippen LogP contribution is -2.28. The van der Waals surface area contributed by atoms with Crippen molar-refractivity contribution in [1.82, 2.24) is 0 Å². The molecule has 5 nitrogen and oxygen atoms in total.